The van der Waals surface area contributed by atoms with Gasteiger partial charge in [-0.3, -0.25) is 4.79 Å². The van der Waals surface area contributed by atoms with Gasteiger partial charge < -0.3 is 10.1 Å². The third-order valence-electron chi connectivity index (χ3n) is 3.24. The number of sulfonamides is 1. The lowest BCUT2D eigenvalue weighted by Crippen LogP contribution is -2.18. The van der Waals surface area contributed by atoms with E-state index in [1.165, 1.54) is 55.6 Å². The number of ether oxygens (including phenoxy) is 1. The highest BCUT2D eigenvalue weighted by Crippen LogP contribution is 2.24. The van der Waals surface area contributed by atoms with Crippen LogP contribution in [0, 0.1) is 0 Å². The maximum absolute atomic E-state index is 12.1. The van der Waals surface area contributed by atoms with Gasteiger partial charge in [-0.25, -0.2) is 13.1 Å². The zero-order valence-corrected chi connectivity index (χ0v) is 14.8. The number of amides is 1. The van der Waals surface area contributed by atoms with Gasteiger partial charge in [0.15, 0.2) is 0 Å². The van der Waals surface area contributed by atoms with Gasteiger partial charge in [-0.2, -0.15) is 0 Å². The van der Waals surface area contributed by atoms with Gasteiger partial charge in [-0.1, -0.05) is 12.1 Å². The lowest BCUT2D eigenvalue weighted by molar-refractivity contribution is -0.274. The number of carbonyl (C=O) groups is 1. The monoisotopic (exact) mass is 400 g/mol. The summed E-state index contributed by atoms with van der Waals surface area (Å²) in [7, 11) is -2.24. The van der Waals surface area contributed by atoms with Gasteiger partial charge >= 0.3 is 6.36 Å². The predicted molar refractivity (Wildman–Crippen MR) is 93.5 cm³/mol. The molecule has 0 aliphatic carbocycles. The van der Waals surface area contributed by atoms with Crippen molar-refractivity contribution in [3.8, 4) is 5.75 Å². The second kappa shape index (κ2) is 8.23. The van der Waals surface area contributed by atoms with Crippen molar-refractivity contribution in [2.24, 2.45) is 0 Å². The van der Waals surface area contributed by atoms with E-state index in [1.54, 1.807) is 0 Å². The smallest absolute Gasteiger partial charge is 0.406 e. The number of carbonyl (C=O) groups excluding carboxylic acids is 1. The maximum Gasteiger partial charge on any atom is 0.573 e. The van der Waals surface area contributed by atoms with Gasteiger partial charge in [0.25, 0.3) is 0 Å². The summed E-state index contributed by atoms with van der Waals surface area (Å²) in [6.07, 6.45) is -2.11. The minimum atomic E-state index is -4.78. The first kappa shape index (κ1) is 20.5. The van der Waals surface area contributed by atoms with E-state index < -0.39 is 28.0 Å². The highest BCUT2D eigenvalue weighted by atomic mass is 32.2. The molecule has 27 heavy (non-hydrogen) atoms. The van der Waals surface area contributed by atoms with Crippen molar-refractivity contribution >= 4 is 27.7 Å². The summed E-state index contributed by atoms with van der Waals surface area (Å²) < 4.78 is 65.4. The molecule has 0 bridgehead atoms. The van der Waals surface area contributed by atoms with E-state index in [9.17, 15) is 26.4 Å². The molecule has 2 aromatic rings. The van der Waals surface area contributed by atoms with Gasteiger partial charge in [0, 0.05) is 11.8 Å². The number of halogens is 3. The van der Waals surface area contributed by atoms with E-state index in [0.717, 1.165) is 12.1 Å². The number of alkyl halides is 3. The van der Waals surface area contributed by atoms with Crippen molar-refractivity contribution in [3.63, 3.8) is 0 Å². The lowest BCUT2D eigenvalue weighted by Gasteiger charge is -2.09. The molecule has 0 atom stereocenters. The number of rotatable bonds is 6. The van der Waals surface area contributed by atoms with E-state index in [0.29, 0.717) is 5.56 Å². The summed E-state index contributed by atoms with van der Waals surface area (Å²) in [5.41, 5.74) is 0.878. The summed E-state index contributed by atoms with van der Waals surface area (Å²) in [4.78, 5) is 11.9. The van der Waals surface area contributed by atoms with Crippen LogP contribution in [0.3, 0.4) is 0 Å². The quantitative estimate of drug-likeness (QED) is 0.730. The molecule has 0 aliphatic heterocycles. The first-order chi connectivity index (χ1) is 12.6. The molecule has 144 valence electrons. The van der Waals surface area contributed by atoms with Crippen molar-refractivity contribution in [3.05, 3.63) is 60.2 Å². The number of anilines is 1. The van der Waals surface area contributed by atoms with E-state index in [-0.39, 0.29) is 10.6 Å². The Morgan fingerprint density at radius 1 is 1.04 bits per heavy atom. The minimum Gasteiger partial charge on any atom is -0.406 e. The average Bonchev–Trinajstić information content (AvgIpc) is 2.61. The molecule has 0 unspecified atom stereocenters. The van der Waals surface area contributed by atoms with E-state index >= 15 is 0 Å². The number of nitrogens with one attached hydrogen (secondary N) is 2. The molecule has 0 spiro atoms. The Hall–Kier alpha value is -2.85. The molecule has 10 heteroatoms. The Labute approximate surface area is 153 Å². The molecule has 6 nitrogen and oxygen atoms in total. The molecular formula is C17H15F3N2O4S. The van der Waals surface area contributed by atoms with Crippen LogP contribution in [0.5, 0.6) is 5.75 Å². The Bertz CT molecular complexity index is 922. The van der Waals surface area contributed by atoms with Crippen LogP contribution < -0.4 is 14.8 Å². The van der Waals surface area contributed by atoms with E-state index in [4.69, 9.17) is 0 Å². The number of benzene rings is 2. The van der Waals surface area contributed by atoms with Gasteiger partial charge in [0.1, 0.15) is 5.75 Å². The second-order valence-corrected chi connectivity index (χ2v) is 7.06. The fourth-order valence-electron chi connectivity index (χ4n) is 1.97. The topological polar surface area (TPSA) is 84.5 Å². The molecule has 0 aromatic heterocycles. The standard InChI is InChI=1S/C17H15F3N2O4S/c1-21-27(24,25)15-9-2-12(3-10-15)4-11-16(23)22-13-5-7-14(8-6-13)26-17(18,19)20/h2-11,21H,1H3,(H,22,23)/b11-4+. The number of hydrogen-bond acceptors (Lipinski definition) is 4. The fraction of sp³-hybridized carbons (Fsp3) is 0.118. The molecule has 0 radical (unpaired) electrons. The van der Waals surface area contributed by atoms with E-state index in [2.05, 4.69) is 14.8 Å². The van der Waals surface area contributed by atoms with Crippen LogP contribution in [0.25, 0.3) is 6.08 Å². The molecule has 0 heterocycles. The van der Waals surface area contributed by atoms with Crippen LogP contribution in [-0.2, 0) is 14.8 Å². The lowest BCUT2D eigenvalue weighted by atomic mass is 10.2. The zero-order valence-electron chi connectivity index (χ0n) is 13.9. The third kappa shape index (κ3) is 6.42. The molecular weight excluding hydrogens is 385 g/mol. The van der Waals surface area contributed by atoms with Crippen LogP contribution in [-0.4, -0.2) is 27.7 Å². The fourth-order valence-corrected chi connectivity index (χ4v) is 2.70. The van der Waals surface area contributed by atoms with Crippen molar-refractivity contribution < 1.29 is 31.1 Å². The van der Waals surface area contributed by atoms with Crippen LogP contribution in [0.15, 0.2) is 59.5 Å². The van der Waals surface area contributed by atoms with Crippen LogP contribution in [0.2, 0.25) is 0 Å². The van der Waals surface area contributed by atoms with Crippen molar-refractivity contribution in [1.29, 1.82) is 0 Å². The molecule has 2 N–H and O–H groups in total. The van der Waals surface area contributed by atoms with Crippen LogP contribution in [0.4, 0.5) is 18.9 Å². The normalized spacial score (nSPS) is 12.1. The Morgan fingerprint density at radius 2 is 1.63 bits per heavy atom. The molecule has 0 saturated carbocycles. The Balaban J connectivity index is 1.97. The van der Waals surface area contributed by atoms with Crippen molar-refractivity contribution in [2.75, 3.05) is 12.4 Å². The SMILES string of the molecule is CNS(=O)(=O)c1ccc(/C=C/C(=O)Nc2ccc(OC(F)(F)F)cc2)cc1. The summed E-state index contributed by atoms with van der Waals surface area (Å²) >= 11 is 0. The Kier molecular flexibility index (Phi) is 6.24. The molecule has 0 saturated heterocycles. The summed E-state index contributed by atoms with van der Waals surface area (Å²) in [6, 6.07) is 10.5. The van der Waals surface area contributed by atoms with Gasteiger partial charge in [0.2, 0.25) is 15.9 Å². The molecule has 0 fully saturated rings. The first-order valence-electron chi connectivity index (χ1n) is 7.47. The van der Waals surface area contributed by atoms with Crippen LogP contribution >= 0.6 is 0 Å². The zero-order chi connectivity index (χ0) is 20.1. The van der Waals surface area contributed by atoms with Crippen LogP contribution in [0.1, 0.15) is 5.56 Å². The maximum atomic E-state index is 12.1. The average molecular weight is 400 g/mol. The highest BCUT2D eigenvalue weighted by molar-refractivity contribution is 7.89. The second-order valence-electron chi connectivity index (χ2n) is 5.17. The number of hydrogen-bond donors (Lipinski definition) is 2. The summed E-state index contributed by atoms with van der Waals surface area (Å²) in [5, 5.41) is 2.48. The molecule has 1 amide bonds. The Morgan fingerprint density at radius 3 is 2.15 bits per heavy atom. The molecule has 2 aromatic carbocycles. The van der Waals surface area contributed by atoms with Gasteiger partial charge in [-0.15, -0.1) is 13.2 Å². The largest absolute Gasteiger partial charge is 0.573 e. The summed E-state index contributed by atoms with van der Waals surface area (Å²) in [5.74, 6) is -0.904. The van der Waals surface area contributed by atoms with Gasteiger partial charge in [-0.05, 0) is 55.1 Å². The van der Waals surface area contributed by atoms with E-state index in [1.807, 2.05) is 0 Å². The minimum absolute atomic E-state index is 0.0905. The van der Waals surface area contributed by atoms with Crippen molar-refractivity contribution in [1.82, 2.24) is 4.72 Å². The molecule has 2 rings (SSSR count). The van der Waals surface area contributed by atoms with Gasteiger partial charge in [0.05, 0.1) is 4.90 Å². The predicted octanol–water partition coefficient (Wildman–Crippen LogP) is 3.15. The van der Waals surface area contributed by atoms with Crippen molar-refractivity contribution in [2.45, 2.75) is 11.3 Å². The summed E-state index contributed by atoms with van der Waals surface area (Å²) in [6.45, 7) is 0. The molecule has 0 aliphatic rings. The third-order valence-corrected chi connectivity index (χ3v) is 4.67. The first-order valence-corrected chi connectivity index (χ1v) is 8.96. The highest BCUT2D eigenvalue weighted by Gasteiger charge is 2.30.